The van der Waals surface area contributed by atoms with E-state index in [0.29, 0.717) is 19.7 Å². The minimum Gasteiger partial charge on any atom is -0.444 e. The molecule has 3 heterocycles. The molecule has 1 aliphatic rings. The van der Waals surface area contributed by atoms with Crippen LogP contribution in [-0.4, -0.2) is 70.9 Å². The Morgan fingerprint density at radius 2 is 1.78 bits per heavy atom. The van der Waals surface area contributed by atoms with Gasteiger partial charge in [-0.05, 0) is 51.4 Å². The normalized spacial score (nSPS) is 15.6. The topological polar surface area (TPSA) is 59.8 Å². The minimum atomic E-state index is -0.450. The highest BCUT2D eigenvalue weighted by Crippen LogP contribution is 2.29. The number of carbonyl (C=O) groups is 1. The number of pyridine rings is 1. The first-order chi connectivity index (χ1) is 15.4. The summed E-state index contributed by atoms with van der Waals surface area (Å²) >= 11 is 0. The van der Waals surface area contributed by atoms with Crippen LogP contribution >= 0.6 is 0 Å². The van der Waals surface area contributed by atoms with Crippen molar-refractivity contribution in [2.45, 2.75) is 45.9 Å². The Morgan fingerprint density at radius 1 is 1.03 bits per heavy atom. The standard InChI is InChI=1S/C25H34N4O3/c1-25(2,3)32-24(30)28-14-12-27(13-15-28)10-5-11-29-22-16-19(18-31-4)6-7-20(22)21-8-9-26-17-23(21)29/h6-9,16-17H,5,10-15,18H2,1-4H3. The maximum Gasteiger partial charge on any atom is 0.410 e. The summed E-state index contributed by atoms with van der Waals surface area (Å²) in [5, 5.41) is 2.50. The molecule has 1 aliphatic heterocycles. The molecule has 0 N–H and O–H groups in total. The Kier molecular flexibility index (Phi) is 6.67. The van der Waals surface area contributed by atoms with Crippen molar-refractivity contribution in [1.82, 2.24) is 19.4 Å². The molecule has 0 unspecified atom stereocenters. The molecule has 32 heavy (non-hydrogen) atoms. The van der Waals surface area contributed by atoms with Crippen molar-refractivity contribution in [2.24, 2.45) is 0 Å². The summed E-state index contributed by atoms with van der Waals surface area (Å²) in [7, 11) is 1.73. The van der Waals surface area contributed by atoms with E-state index >= 15 is 0 Å². The number of aryl methyl sites for hydroxylation is 1. The van der Waals surface area contributed by atoms with E-state index in [9.17, 15) is 4.79 Å². The number of carbonyl (C=O) groups excluding carboxylic acids is 1. The van der Waals surface area contributed by atoms with Crippen molar-refractivity contribution >= 4 is 27.9 Å². The first-order valence-electron chi connectivity index (χ1n) is 11.4. The number of methoxy groups -OCH3 is 1. The number of amides is 1. The van der Waals surface area contributed by atoms with E-state index < -0.39 is 5.60 Å². The SMILES string of the molecule is COCc1ccc2c3ccncc3n(CCCN3CCN(C(=O)OC(C)(C)C)CC3)c2c1. The molecule has 2 aromatic heterocycles. The number of nitrogens with zero attached hydrogens (tertiary/aromatic N) is 4. The van der Waals surface area contributed by atoms with Crippen molar-refractivity contribution in [2.75, 3.05) is 39.8 Å². The zero-order valence-corrected chi connectivity index (χ0v) is 19.6. The van der Waals surface area contributed by atoms with Gasteiger partial charge in [-0.15, -0.1) is 0 Å². The van der Waals surface area contributed by atoms with E-state index in [0.717, 1.165) is 32.6 Å². The van der Waals surface area contributed by atoms with Gasteiger partial charge in [0.1, 0.15) is 5.60 Å². The molecule has 1 aromatic carbocycles. The van der Waals surface area contributed by atoms with Gasteiger partial charge in [-0.25, -0.2) is 4.79 Å². The van der Waals surface area contributed by atoms with E-state index in [1.165, 1.54) is 27.4 Å². The number of benzene rings is 1. The van der Waals surface area contributed by atoms with Crippen molar-refractivity contribution in [3.8, 4) is 0 Å². The van der Waals surface area contributed by atoms with Crippen molar-refractivity contribution in [3.63, 3.8) is 0 Å². The van der Waals surface area contributed by atoms with Gasteiger partial charge in [0.2, 0.25) is 0 Å². The molecule has 7 heteroatoms. The molecule has 3 aromatic rings. The van der Waals surface area contributed by atoms with Gasteiger partial charge >= 0.3 is 6.09 Å². The molecule has 1 saturated heterocycles. The van der Waals surface area contributed by atoms with E-state index in [1.54, 1.807) is 7.11 Å². The van der Waals surface area contributed by atoms with Crippen LogP contribution in [0.4, 0.5) is 4.79 Å². The second-order valence-electron chi connectivity index (χ2n) is 9.49. The highest BCUT2D eigenvalue weighted by atomic mass is 16.6. The second kappa shape index (κ2) is 9.46. The fourth-order valence-corrected chi connectivity index (χ4v) is 4.42. The summed E-state index contributed by atoms with van der Waals surface area (Å²) in [4.78, 5) is 20.9. The van der Waals surface area contributed by atoms with Crippen molar-refractivity contribution in [3.05, 3.63) is 42.2 Å². The fraction of sp³-hybridized carbons (Fsp3) is 0.520. The summed E-state index contributed by atoms with van der Waals surface area (Å²) < 4.78 is 13.2. The van der Waals surface area contributed by atoms with Crippen LogP contribution < -0.4 is 0 Å². The summed E-state index contributed by atoms with van der Waals surface area (Å²) in [6.45, 7) is 11.4. The minimum absolute atomic E-state index is 0.207. The van der Waals surface area contributed by atoms with Crippen LogP contribution in [0.2, 0.25) is 0 Å². The number of hydrogen-bond donors (Lipinski definition) is 0. The first kappa shape index (κ1) is 22.6. The quantitative estimate of drug-likeness (QED) is 0.575. The lowest BCUT2D eigenvalue weighted by Gasteiger charge is -2.35. The van der Waals surface area contributed by atoms with Gasteiger partial charge in [0.05, 0.1) is 18.3 Å². The smallest absolute Gasteiger partial charge is 0.410 e. The molecule has 172 valence electrons. The van der Waals surface area contributed by atoms with Crippen LogP contribution in [0.3, 0.4) is 0 Å². The molecule has 0 aliphatic carbocycles. The van der Waals surface area contributed by atoms with Crippen LogP contribution in [-0.2, 0) is 22.6 Å². The van der Waals surface area contributed by atoms with Gasteiger partial charge in [-0.1, -0.05) is 12.1 Å². The van der Waals surface area contributed by atoms with Crippen LogP contribution in [0.1, 0.15) is 32.8 Å². The second-order valence-corrected chi connectivity index (χ2v) is 9.49. The Morgan fingerprint density at radius 3 is 2.50 bits per heavy atom. The largest absolute Gasteiger partial charge is 0.444 e. The molecule has 1 fully saturated rings. The van der Waals surface area contributed by atoms with Crippen LogP contribution in [0.25, 0.3) is 21.8 Å². The van der Waals surface area contributed by atoms with Crippen LogP contribution in [0, 0.1) is 0 Å². The molecular weight excluding hydrogens is 404 g/mol. The highest BCUT2D eigenvalue weighted by Gasteiger charge is 2.25. The molecule has 0 bridgehead atoms. The van der Waals surface area contributed by atoms with Crippen molar-refractivity contribution in [1.29, 1.82) is 0 Å². The van der Waals surface area contributed by atoms with Gasteiger partial charge in [0, 0.05) is 62.3 Å². The van der Waals surface area contributed by atoms with Gasteiger partial charge in [-0.2, -0.15) is 0 Å². The lowest BCUT2D eigenvalue weighted by molar-refractivity contribution is 0.0144. The predicted octanol–water partition coefficient (Wildman–Crippen LogP) is 4.28. The highest BCUT2D eigenvalue weighted by molar-refractivity contribution is 6.07. The number of aromatic nitrogens is 2. The third-order valence-electron chi connectivity index (χ3n) is 5.92. The summed E-state index contributed by atoms with van der Waals surface area (Å²) in [6.07, 6.45) is 4.65. The van der Waals surface area contributed by atoms with E-state index in [-0.39, 0.29) is 6.09 Å². The van der Waals surface area contributed by atoms with E-state index in [4.69, 9.17) is 9.47 Å². The predicted molar refractivity (Wildman–Crippen MR) is 127 cm³/mol. The zero-order valence-electron chi connectivity index (χ0n) is 19.6. The molecule has 0 radical (unpaired) electrons. The number of hydrogen-bond acceptors (Lipinski definition) is 5. The lowest BCUT2D eigenvalue weighted by atomic mass is 10.1. The van der Waals surface area contributed by atoms with Gasteiger partial charge < -0.3 is 18.9 Å². The average Bonchev–Trinajstić information content (AvgIpc) is 3.06. The molecule has 0 spiro atoms. The van der Waals surface area contributed by atoms with E-state index in [2.05, 4.69) is 38.7 Å². The maximum atomic E-state index is 12.3. The fourth-order valence-electron chi connectivity index (χ4n) is 4.42. The summed E-state index contributed by atoms with van der Waals surface area (Å²) in [5.41, 5.74) is 3.13. The van der Waals surface area contributed by atoms with Gasteiger partial charge in [0.15, 0.2) is 0 Å². The first-order valence-corrected chi connectivity index (χ1v) is 11.4. The zero-order chi connectivity index (χ0) is 22.7. The number of fused-ring (bicyclic) bond motifs is 3. The average molecular weight is 439 g/mol. The lowest BCUT2D eigenvalue weighted by Crippen LogP contribution is -2.50. The third kappa shape index (κ3) is 5.05. The Balaban J connectivity index is 1.39. The van der Waals surface area contributed by atoms with Gasteiger partial charge in [0.25, 0.3) is 0 Å². The number of piperazine rings is 1. The van der Waals surface area contributed by atoms with Gasteiger partial charge in [-0.3, -0.25) is 9.88 Å². The van der Waals surface area contributed by atoms with Crippen molar-refractivity contribution < 1.29 is 14.3 Å². The Bertz CT molecular complexity index is 1080. The number of rotatable bonds is 6. The molecule has 1 amide bonds. The molecule has 7 nitrogen and oxygen atoms in total. The Hall–Kier alpha value is -2.64. The molecule has 0 saturated carbocycles. The number of ether oxygens (including phenoxy) is 2. The molecular formula is C25H34N4O3. The Labute approximate surface area is 189 Å². The maximum absolute atomic E-state index is 12.3. The van der Waals surface area contributed by atoms with Crippen LogP contribution in [0.15, 0.2) is 36.7 Å². The van der Waals surface area contributed by atoms with E-state index in [1.807, 2.05) is 38.1 Å². The monoisotopic (exact) mass is 438 g/mol. The molecule has 0 atom stereocenters. The summed E-state index contributed by atoms with van der Waals surface area (Å²) in [6, 6.07) is 8.66. The third-order valence-corrected chi connectivity index (χ3v) is 5.92. The van der Waals surface area contributed by atoms with Crippen LogP contribution in [0.5, 0.6) is 0 Å². The molecule has 4 rings (SSSR count). The summed E-state index contributed by atoms with van der Waals surface area (Å²) in [5.74, 6) is 0.